The minimum atomic E-state index is -1.62. The van der Waals surface area contributed by atoms with Gasteiger partial charge in [-0.25, -0.2) is 19.6 Å². The molecule has 1 unspecified atom stereocenters. The molecule has 1 amide bonds. The second-order valence-corrected chi connectivity index (χ2v) is 7.02. The number of aromatic nitrogens is 2. The Morgan fingerprint density at radius 2 is 1.44 bits per heavy atom. The lowest BCUT2D eigenvalue weighted by Gasteiger charge is -2.23. The van der Waals surface area contributed by atoms with E-state index in [1.165, 1.54) is 4.90 Å². The Hall–Kier alpha value is -4.11. The predicted molar refractivity (Wildman–Crippen MR) is 114 cm³/mol. The fraction of sp³-hybridized carbons (Fsp3) is 0.174. The van der Waals surface area contributed by atoms with E-state index >= 15 is 0 Å². The van der Waals surface area contributed by atoms with Crippen LogP contribution in [0.5, 0.6) is 0 Å². The average molecular weight is 435 g/mol. The normalized spacial score (nSPS) is 11.5. The van der Waals surface area contributed by atoms with E-state index in [0.717, 1.165) is 29.1 Å². The summed E-state index contributed by atoms with van der Waals surface area (Å²) in [7, 11) is 0. The number of hydrogen-bond donors (Lipinski definition) is 3. The van der Waals surface area contributed by atoms with Crippen molar-refractivity contribution in [3.05, 3.63) is 83.9 Å². The van der Waals surface area contributed by atoms with Crippen molar-refractivity contribution in [1.29, 1.82) is 0 Å². The number of aliphatic carboxylic acids is 1. The quantitative estimate of drug-likeness (QED) is 0.465. The van der Waals surface area contributed by atoms with Crippen LogP contribution in [-0.4, -0.2) is 60.7 Å². The van der Waals surface area contributed by atoms with Gasteiger partial charge >= 0.3 is 11.9 Å². The maximum absolute atomic E-state index is 12.9. The SMILES string of the molecule is O=C(O)c1cnc(C(=O)N(CCC(O)C(=O)O)Cc2ccc(-c3ccccc3)cc2)cn1. The number of aromatic carboxylic acids is 1. The van der Waals surface area contributed by atoms with Crippen LogP contribution in [0.15, 0.2) is 67.0 Å². The third-order valence-corrected chi connectivity index (χ3v) is 4.77. The van der Waals surface area contributed by atoms with Crippen LogP contribution >= 0.6 is 0 Å². The highest BCUT2D eigenvalue weighted by molar-refractivity contribution is 5.92. The van der Waals surface area contributed by atoms with Crippen molar-refractivity contribution >= 4 is 17.8 Å². The van der Waals surface area contributed by atoms with Gasteiger partial charge in [-0.3, -0.25) is 4.79 Å². The van der Waals surface area contributed by atoms with E-state index in [1.807, 2.05) is 54.6 Å². The molecule has 0 radical (unpaired) electrons. The molecule has 1 aromatic heterocycles. The number of carboxylic acid groups (broad SMARTS) is 2. The summed E-state index contributed by atoms with van der Waals surface area (Å²) in [5.74, 6) is -3.20. The highest BCUT2D eigenvalue weighted by Crippen LogP contribution is 2.20. The number of rotatable bonds is 9. The molecule has 1 heterocycles. The Bertz CT molecular complexity index is 1080. The summed E-state index contributed by atoms with van der Waals surface area (Å²) < 4.78 is 0. The van der Waals surface area contributed by atoms with Gasteiger partial charge in [0.05, 0.1) is 12.4 Å². The number of benzene rings is 2. The van der Waals surface area contributed by atoms with Crippen molar-refractivity contribution in [2.75, 3.05) is 6.54 Å². The fourth-order valence-corrected chi connectivity index (χ4v) is 3.02. The lowest BCUT2D eigenvalue weighted by atomic mass is 10.0. The molecule has 3 aromatic rings. The average Bonchev–Trinajstić information content (AvgIpc) is 2.82. The summed E-state index contributed by atoms with van der Waals surface area (Å²) >= 11 is 0. The molecule has 0 saturated carbocycles. The van der Waals surface area contributed by atoms with Crippen LogP contribution in [0.3, 0.4) is 0 Å². The molecule has 1 atom stereocenters. The summed E-state index contributed by atoms with van der Waals surface area (Å²) in [4.78, 5) is 43.8. The Kier molecular flexibility index (Phi) is 7.25. The van der Waals surface area contributed by atoms with Gasteiger partial charge in [0.15, 0.2) is 11.8 Å². The second kappa shape index (κ2) is 10.3. The van der Waals surface area contributed by atoms with E-state index in [9.17, 15) is 19.5 Å². The largest absolute Gasteiger partial charge is 0.479 e. The Balaban J connectivity index is 1.79. The maximum atomic E-state index is 12.9. The molecular formula is C23H21N3O6. The van der Waals surface area contributed by atoms with Gasteiger partial charge in [-0.1, -0.05) is 54.6 Å². The first-order valence-electron chi connectivity index (χ1n) is 9.75. The Labute approximate surface area is 183 Å². The molecule has 9 heteroatoms. The molecule has 0 bridgehead atoms. The number of amides is 1. The van der Waals surface area contributed by atoms with Crippen molar-refractivity contribution in [2.45, 2.75) is 19.1 Å². The first-order valence-corrected chi connectivity index (χ1v) is 9.75. The molecule has 3 rings (SSSR count). The van der Waals surface area contributed by atoms with Crippen molar-refractivity contribution < 1.29 is 29.7 Å². The topological polar surface area (TPSA) is 141 Å². The number of hydrogen-bond acceptors (Lipinski definition) is 6. The van der Waals surface area contributed by atoms with Gasteiger partial charge in [0.25, 0.3) is 5.91 Å². The van der Waals surface area contributed by atoms with E-state index in [1.54, 1.807) is 0 Å². The smallest absolute Gasteiger partial charge is 0.356 e. The zero-order valence-corrected chi connectivity index (χ0v) is 17.0. The molecule has 0 aliphatic rings. The highest BCUT2D eigenvalue weighted by Gasteiger charge is 2.22. The highest BCUT2D eigenvalue weighted by atomic mass is 16.4. The molecule has 3 N–H and O–H groups in total. The molecule has 9 nitrogen and oxygen atoms in total. The van der Waals surface area contributed by atoms with Gasteiger partial charge in [-0.15, -0.1) is 0 Å². The van der Waals surface area contributed by atoms with Crippen LogP contribution in [0, 0.1) is 0 Å². The zero-order valence-electron chi connectivity index (χ0n) is 17.0. The van der Waals surface area contributed by atoms with Crippen LogP contribution in [0.1, 0.15) is 33.0 Å². The molecule has 0 fully saturated rings. The summed E-state index contributed by atoms with van der Waals surface area (Å²) in [6.07, 6.45) is 0.245. The lowest BCUT2D eigenvalue weighted by molar-refractivity contribution is -0.147. The number of carboxylic acids is 2. The van der Waals surface area contributed by atoms with Gasteiger partial charge in [0, 0.05) is 19.5 Å². The Morgan fingerprint density at radius 1 is 0.844 bits per heavy atom. The standard InChI is InChI=1S/C23H21N3O6/c27-20(23(31)32)10-11-26(21(28)18-12-25-19(13-24-18)22(29)30)14-15-6-8-17(9-7-15)16-4-2-1-3-5-16/h1-9,12-13,20,27H,10-11,14H2,(H,29,30)(H,31,32). The van der Waals surface area contributed by atoms with E-state index in [0.29, 0.717) is 0 Å². The monoisotopic (exact) mass is 435 g/mol. The predicted octanol–water partition coefficient (Wildman–Crippen LogP) is 2.32. The summed E-state index contributed by atoms with van der Waals surface area (Å²) in [5, 5.41) is 27.5. The molecule has 0 aliphatic heterocycles. The molecule has 32 heavy (non-hydrogen) atoms. The minimum absolute atomic E-state index is 0.0465. The minimum Gasteiger partial charge on any atom is -0.479 e. The number of nitrogens with zero attached hydrogens (tertiary/aromatic N) is 3. The van der Waals surface area contributed by atoms with Crippen molar-refractivity contribution in [3.63, 3.8) is 0 Å². The fourth-order valence-electron chi connectivity index (χ4n) is 3.02. The third-order valence-electron chi connectivity index (χ3n) is 4.77. The first kappa shape index (κ1) is 22.6. The molecule has 0 saturated heterocycles. The number of aliphatic hydroxyl groups is 1. The van der Waals surface area contributed by atoms with E-state index in [2.05, 4.69) is 9.97 Å². The van der Waals surface area contributed by atoms with Crippen molar-refractivity contribution in [3.8, 4) is 11.1 Å². The Morgan fingerprint density at radius 3 is 2.00 bits per heavy atom. The van der Waals surface area contributed by atoms with Gasteiger partial charge in [0.1, 0.15) is 5.69 Å². The van der Waals surface area contributed by atoms with Crippen LogP contribution in [0.2, 0.25) is 0 Å². The van der Waals surface area contributed by atoms with Gasteiger partial charge in [-0.05, 0) is 16.7 Å². The molecule has 0 aliphatic carbocycles. The van der Waals surface area contributed by atoms with E-state index in [4.69, 9.17) is 10.2 Å². The summed E-state index contributed by atoms with van der Waals surface area (Å²) in [5.41, 5.74) is 2.46. The zero-order chi connectivity index (χ0) is 23.1. The molecule has 2 aromatic carbocycles. The van der Waals surface area contributed by atoms with Crippen molar-refractivity contribution in [1.82, 2.24) is 14.9 Å². The number of aliphatic hydroxyl groups excluding tert-OH is 1. The number of carbonyl (C=O) groups is 3. The molecular weight excluding hydrogens is 414 g/mol. The summed E-state index contributed by atoms with van der Waals surface area (Å²) in [6, 6.07) is 17.3. The maximum Gasteiger partial charge on any atom is 0.356 e. The lowest BCUT2D eigenvalue weighted by Crippen LogP contribution is -2.35. The van der Waals surface area contributed by atoms with E-state index < -0.39 is 23.9 Å². The van der Waals surface area contributed by atoms with Gasteiger partial charge < -0.3 is 20.2 Å². The van der Waals surface area contributed by atoms with Crippen LogP contribution in [-0.2, 0) is 11.3 Å². The third kappa shape index (κ3) is 5.73. The van der Waals surface area contributed by atoms with Crippen LogP contribution in [0.25, 0.3) is 11.1 Å². The molecule has 0 spiro atoms. The van der Waals surface area contributed by atoms with Crippen molar-refractivity contribution in [2.24, 2.45) is 0 Å². The molecule has 164 valence electrons. The second-order valence-electron chi connectivity index (χ2n) is 7.02. The van der Waals surface area contributed by atoms with Crippen LogP contribution in [0.4, 0.5) is 0 Å². The van der Waals surface area contributed by atoms with E-state index in [-0.39, 0.29) is 30.9 Å². The van der Waals surface area contributed by atoms with Gasteiger partial charge in [-0.2, -0.15) is 0 Å². The van der Waals surface area contributed by atoms with Crippen LogP contribution < -0.4 is 0 Å². The first-order chi connectivity index (χ1) is 15.3. The van der Waals surface area contributed by atoms with Gasteiger partial charge in [0.2, 0.25) is 0 Å². The number of carbonyl (C=O) groups excluding carboxylic acids is 1. The summed E-state index contributed by atoms with van der Waals surface area (Å²) in [6.45, 7) is 0.0949.